The van der Waals surface area contributed by atoms with E-state index in [-0.39, 0.29) is 17.9 Å². The minimum atomic E-state index is -1.48. The molecule has 11 heteroatoms. The molecule has 0 saturated carbocycles. The molecule has 154 valence electrons. The van der Waals surface area contributed by atoms with Crippen molar-refractivity contribution >= 4 is 17.0 Å². The lowest BCUT2D eigenvalue weighted by molar-refractivity contribution is -0.0835. The summed E-state index contributed by atoms with van der Waals surface area (Å²) in [6, 6.07) is 7.39. The average Bonchev–Trinajstić information content (AvgIpc) is 3.27. The number of ether oxygens (including phenoxy) is 2. The van der Waals surface area contributed by atoms with E-state index in [4.69, 9.17) is 19.7 Å². The van der Waals surface area contributed by atoms with Crippen molar-refractivity contribution in [2.45, 2.75) is 25.6 Å². The summed E-state index contributed by atoms with van der Waals surface area (Å²) in [5.41, 5.74) is 6.19. The van der Waals surface area contributed by atoms with Crippen LogP contribution in [-0.4, -0.2) is 54.1 Å². The highest BCUT2D eigenvalue weighted by Crippen LogP contribution is 2.33. The third-order valence-corrected chi connectivity index (χ3v) is 4.92. The molecule has 3 N–H and O–H groups in total. The Morgan fingerprint density at radius 2 is 2.07 bits per heavy atom. The number of hydrogen-bond acceptors (Lipinski definition) is 10. The van der Waals surface area contributed by atoms with Crippen LogP contribution in [0.3, 0.4) is 0 Å². The van der Waals surface area contributed by atoms with Crippen molar-refractivity contribution < 1.29 is 19.1 Å². The van der Waals surface area contributed by atoms with Gasteiger partial charge in [-0.3, -0.25) is 0 Å². The topological polar surface area (TPSA) is 147 Å². The second-order valence-corrected chi connectivity index (χ2v) is 7.19. The van der Waals surface area contributed by atoms with E-state index in [1.54, 1.807) is 48.9 Å². The largest absolute Gasteiger partial charge is 0.456 e. The van der Waals surface area contributed by atoms with Crippen LogP contribution in [0.4, 0.5) is 5.95 Å². The number of nitrogens with zero attached hydrogens (tertiary/aromatic N) is 6. The first-order chi connectivity index (χ1) is 14.4. The molecule has 0 spiro atoms. The lowest BCUT2D eigenvalue weighted by Crippen LogP contribution is -2.39. The van der Waals surface area contributed by atoms with Gasteiger partial charge in [0, 0.05) is 19.2 Å². The van der Waals surface area contributed by atoms with Crippen LogP contribution in [0.25, 0.3) is 16.9 Å². The summed E-state index contributed by atoms with van der Waals surface area (Å²) >= 11 is 0. The van der Waals surface area contributed by atoms with Gasteiger partial charge in [-0.2, -0.15) is 15.0 Å². The molecular formula is C19H19N7O4. The van der Waals surface area contributed by atoms with Crippen LogP contribution in [0, 0.1) is 6.92 Å². The Balaban J connectivity index is 1.67. The summed E-state index contributed by atoms with van der Waals surface area (Å²) in [7, 11) is 0. The van der Waals surface area contributed by atoms with Crippen molar-refractivity contribution in [1.82, 2.24) is 29.7 Å². The number of anilines is 1. The molecule has 1 atom stereocenters. The van der Waals surface area contributed by atoms with E-state index in [0.717, 1.165) is 0 Å². The van der Waals surface area contributed by atoms with E-state index < -0.39 is 5.60 Å². The number of aliphatic hydroxyl groups is 1. The normalized spacial score (nSPS) is 16.4. The van der Waals surface area contributed by atoms with E-state index in [0.29, 0.717) is 47.5 Å². The second kappa shape index (κ2) is 6.75. The molecule has 0 unspecified atom stereocenters. The first-order valence-electron chi connectivity index (χ1n) is 9.31. The maximum absolute atomic E-state index is 11.1. The highest BCUT2D eigenvalue weighted by Gasteiger charge is 2.32. The number of hydrogen-bond donors (Lipinski definition) is 2. The Bertz CT molecular complexity index is 1230. The molecule has 4 aromatic rings. The number of fused-ring (bicyclic) bond motifs is 1. The number of nitrogen functional groups attached to an aromatic ring is 1. The van der Waals surface area contributed by atoms with Gasteiger partial charge in [-0.05, 0) is 24.6 Å². The van der Waals surface area contributed by atoms with E-state index in [1.807, 2.05) is 0 Å². The average molecular weight is 409 g/mol. The summed E-state index contributed by atoms with van der Waals surface area (Å²) in [6.45, 7) is 4.25. The highest BCUT2D eigenvalue weighted by molar-refractivity contribution is 5.80. The molecule has 0 radical (unpaired) electrons. The number of benzene rings is 1. The highest BCUT2D eigenvalue weighted by atomic mass is 16.6. The maximum atomic E-state index is 11.1. The van der Waals surface area contributed by atoms with Gasteiger partial charge in [0.1, 0.15) is 17.5 Å². The Labute approximate surface area is 170 Å². The van der Waals surface area contributed by atoms with E-state index >= 15 is 0 Å². The molecule has 5 rings (SSSR count). The molecule has 11 nitrogen and oxygen atoms in total. The van der Waals surface area contributed by atoms with Crippen molar-refractivity contribution in [2.24, 2.45) is 0 Å². The Kier molecular flexibility index (Phi) is 4.15. The SMILES string of the molecule is Cc1nc([C@](C)(O)c2ccc3nc(OC4COC4)n(-c4ccnc(N)n4)c3c2)no1. The van der Waals surface area contributed by atoms with E-state index in [1.165, 1.54) is 0 Å². The molecule has 1 aliphatic heterocycles. The van der Waals surface area contributed by atoms with Crippen molar-refractivity contribution in [3.05, 3.63) is 47.7 Å². The molecule has 1 aliphatic rings. The van der Waals surface area contributed by atoms with Gasteiger partial charge in [0.15, 0.2) is 0 Å². The summed E-state index contributed by atoms with van der Waals surface area (Å²) in [5.74, 6) is 1.15. The van der Waals surface area contributed by atoms with Gasteiger partial charge in [0.05, 0.1) is 24.2 Å². The van der Waals surface area contributed by atoms with Crippen LogP contribution in [0.2, 0.25) is 0 Å². The predicted molar refractivity (Wildman–Crippen MR) is 104 cm³/mol. The van der Waals surface area contributed by atoms with Gasteiger partial charge in [0.25, 0.3) is 0 Å². The molecule has 1 saturated heterocycles. The van der Waals surface area contributed by atoms with Crippen molar-refractivity contribution in [1.29, 1.82) is 0 Å². The Morgan fingerprint density at radius 1 is 1.23 bits per heavy atom. The monoisotopic (exact) mass is 409 g/mol. The second-order valence-electron chi connectivity index (χ2n) is 7.19. The summed E-state index contributed by atoms with van der Waals surface area (Å²) < 4.78 is 18.0. The zero-order valence-electron chi connectivity index (χ0n) is 16.3. The summed E-state index contributed by atoms with van der Waals surface area (Å²) in [4.78, 5) is 17.0. The van der Waals surface area contributed by atoms with Crippen LogP contribution < -0.4 is 10.5 Å². The maximum Gasteiger partial charge on any atom is 0.303 e. The summed E-state index contributed by atoms with van der Waals surface area (Å²) in [5, 5.41) is 15.0. The first kappa shape index (κ1) is 18.5. The van der Waals surface area contributed by atoms with E-state index in [2.05, 4.69) is 25.1 Å². The Morgan fingerprint density at radius 3 is 2.73 bits per heavy atom. The number of rotatable bonds is 5. The van der Waals surface area contributed by atoms with Crippen LogP contribution in [0.5, 0.6) is 6.01 Å². The van der Waals surface area contributed by atoms with Crippen LogP contribution in [0.1, 0.15) is 24.2 Å². The van der Waals surface area contributed by atoms with Crippen molar-refractivity contribution in [2.75, 3.05) is 18.9 Å². The van der Waals surface area contributed by atoms with Gasteiger partial charge in [-0.1, -0.05) is 11.2 Å². The third kappa shape index (κ3) is 3.04. The van der Waals surface area contributed by atoms with E-state index in [9.17, 15) is 5.11 Å². The fraction of sp³-hybridized carbons (Fsp3) is 0.316. The molecule has 3 aromatic heterocycles. The van der Waals surface area contributed by atoms with Gasteiger partial charge in [0.2, 0.25) is 17.7 Å². The number of aryl methyl sites for hydroxylation is 1. The number of nitrogens with two attached hydrogens (primary N) is 1. The van der Waals surface area contributed by atoms with Crippen molar-refractivity contribution in [3.63, 3.8) is 0 Å². The third-order valence-electron chi connectivity index (χ3n) is 4.92. The Hall–Kier alpha value is -3.57. The zero-order valence-corrected chi connectivity index (χ0v) is 16.3. The lowest BCUT2D eigenvalue weighted by Gasteiger charge is -2.26. The van der Waals surface area contributed by atoms with Crippen molar-refractivity contribution in [3.8, 4) is 11.8 Å². The standard InChI is InChI=1S/C19H19N7O4/c1-10-22-16(25-30-10)19(2,27)11-3-4-13-14(7-11)26(15-5-6-21-17(20)24-15)18(23-13)29-12-8-28-9-12/h3-7,12,27H,8-9H2,1-2H3,(H2,20,21,24)/t19-/m1/s1. The molecule has 1 aromatic carbocycles. The van der Waals surface area contributed by atoms with Crippen LogP contribution in [-0.2, 0) is 10.3 Å². The zero-order chi connectivity index (χ0) is 20.9. The molecule has 0 bridgehead atoms. The minimum absolute atomic E-state index is 0.0929. The molecule has 1 fully saturated rings. The van der Waals surface area contributed by atoms with Gasteiger partial charge in [-0.25, -0.2) is 9.55 Å². The molecule has 0 aliphatic carbocycles. The fourth-order valence-corrected chi connectivity index (χ4v) is 3.20. The fourth-order valence-electron chi connectivity index (χ4n) is 3.20. The number of imidazole rings is 1. The van der Waals surface area contributed by atoms with Gasteiger partial charge in [-0.15, -0.1) is 0 Å². The number of aromatic nitrogens is 6. The first-order valence-corrected chi connectivity index (χ1v) is 9.31. The minimum Gasteiger partial charge on any atom is -0.456 e. The molecule has 4 heterocycles. The van der Waals surface area contributed by atoms with Crippen LogP contribution in [0.15, 0.2) is 35.0 Å². The summed E-state index contributed by atoms with van der Waals surface area (Å²) in [6.07, 6.45) is 1.46. The predicted octanol–water partition coefficient (Wildman–Crippen LogP) is 1.12. The smallest absolute Gasteiger partial charge is 0.303 e. The van der Waals surface area contributed by atoms with Gasteiger partial charge < -0.3 is 24.8 Å². The quantitative estimate of drug-likeness (QED) is 0.491. The molecular weight excluding hydrogens is 390 g/mol. The lowest BCUT2D eigenvalue weighted by atomic mass is 9.95. The molecule has 0 amide bonds. The van der Waals surface area contributed by atoms with Gasteiger partial charge >= 0.3 is 6.01 Å². The van der Waals surface area contributed by atoms with Crippen LogP contribution >= 0.6 is 0 Å². The molecule has 30 heavy (non-hydrogen) atoms.